The Kier molecular flexibility index (Phi) is 14.8. The maximum absolute atomic E-state index is 15.4. The Morgan fingerprint density at radius 2 is 1.59 bits per heavy atom. The Labute approximate surface area is 408 Å². The minimum absolute atomic E-state index is 0.0102. The fraction of sp³-hybridized carbons (Fsp3) is 0.310. The predicted octanol–water partition coefficient (Wildman–Crippen LogP) is 11.7. The summed E-state index contributed by atoms with van der Waals surface area (Å²) in [5.41, 5.74) is 4.02. The molecule has 1 heterocycles. The van der Waals surface area contributed by atoms with Gasteiger partial charge in [0, 0.05) is 55.9 Å². The third-order valence-electron chi connectivity index (χ3n) is 14.2. The predicted molar refractivity (Wildman–Crippen MR) is 273 cm³/mol. The van der Waals surface area contributed by atoms with E-state index in [1.165, 1.54) is 25.3 Å². The summed E-state index contributed by atoms with van der Waals surface area (Å²) in [5.74, 6) is -0.623. The summed E-state index contributed by atoms with van der Waals surface area (Å²) in [5, 5.41) is 40.5. The van der Waals surface area contributed by atoms with E-state index in [0.717, 1.165) is 63.9 Å². The summed E-state index contributed by atoms with van der Waals surface area (Å²) in [6.45, 7) is 4.51. The fourth-order valence-electron chi connectivity index (χ4n) is 11.1. The molecule has 360 valence electrons. The van der Waals surface area contributed by atoms with E-state index in [9.17, 15) is 20.3 Å². The number of unbranched alkanes of at least 4 members (excludes halogenated alkanes) is 2. The molecular formula is C58H59N3O9. The van der Waals surface area contributed by atoms with E-state index in [0.29, 0.717) is 41.4 Å². The average molecular weight is 942 g/mol. The van der Waals surface area contributed by atoms with Crippen LogP contribution in [0, 0.1) is 27.9 Å². The van der Waals surface area contributed by atoms with Gasteiger partial charge in [0.25, 0.3) is 5.69 Å². The second-order valence-corrected chi connectivity index (χ2v) is 18.4. The molecule has 1 amide bonds. The Morgan fingerprint density at radius 1 is 0.871 bits per heavy atom. The van der Waals surface area contributed by atoms with E-state index in [4.69, 9.17) is 24.2 Å². The zero-order valence-electron chi connectivity index (χ0n) is 39.4. The number of nitro benzene ring substituents is 1. The lowest BCUT2D eigenvalue weighted by atomic mass is 9.55. The number of rotatable bonds is 20. The van der Waals surface area contributed by atoms with Crippen molar-refractivity contribution in [3.8, 4) is 17.2 Å². The summed E-state index contributed by atoms with van der Waals surface area (Å²) >= 11 is 0. The number of carbonyl (C=O) groups excluding carboxylic acids is 1. The van der Waals surface area contributed by atoms with Gasteiger partial charge in [0.1, 0.15) is 30.4 Å². The van der Waals surface area contributed by atoms with E-state index >= 15 is 4.79 Å². The van der Waals surface area contributed by atoms with Gasteiger partial charge >= 0.3 is 0 Å². The van der Waals surface area contributed by atoms with Gasteiger partial charge in [-0.15, -0.1) is 6.58 Å². The van der Waals surface area contributed by atoms with Gasteiger partial charge in [0.05, 0.1) is 23.2 Å². The highest BCUT2D eigenvalue weighted by atomic mass is 16.7. The number of fused-ring (bicyclic) bond motifs is 4. The number of hydrogen-bond acceptors (Lipinski definition) is 10. The zero-order valence-corrected chi connectivity index (χ0v) is 39.4. The summed E-state index contributed by atoms with van der Waals surface area (Å²) in [4.78, 5) is 33.9. The number of oxime groups is 1. The van der Waals surface area contributed by atoms with E-state index < -0.39 is 22.7 Å². The largest absolute Gasteiger partial charge is 0.459 e. The number of aliphatic hydroxyl groups is 2. The van der Waals surface area contributed by atoms with Crippen LogP contribution >= 0.6 is 0 Å². The molecule has 2 N–H and O–H groups in total. The number of amides is 1. The highest BCUT2D eigenvalue weighted by molar-refractivity contribution is 6.03. The number of aliphatic hydroxyl groups excluding tert-OH is 2. The van der Waals surface area contributed by atoms with Crippen molar-refractivity contribution in [1.82, 2.24) is 4.90 Å². The van der Waals surface area contributed by atoms with Crippen molar-refractivity contribution in [2.45, 2.75) is 69.2 Å². The zero-order chi connectivity index (χ0) is 48.6. The SMILES string of the molecule is C=CCOC12Oc3ccc(Oc4ccc5ccccc5c4)cc3C3C(CCCCO)C(CCCCO)C=C(C(=NOC)CC1N(Cc1cccc4ccccc14)C(=O)C=Cc1ccc([N+](=O)[O-])cc1)C32. The Morgan fingerprint density at radius 3 is 2.34 bits per heavy atom. The number of non-ortho nitro benzene ring substituents is 1. The van der Waals surface area contributed by atoms with Gasteiger partial charge in [-0.2, -0.15) is 0 Å². The van der Waals surface area contributed by atoms with Crippen LogP contribution in [0.1, 0.15) is 67.6 Å². The van der Waals surface area contributed by atoms with Crippen LogP contribution in [0.15, 0.2) is 163 Å². The number of benzene rings is 6. The molecule has 1 saturated carbocycles. The first-order valence-electron chi connectivity index (χ1n) is 24.2. The van der Waals surface area contributed by atoms with Gasteiger partial charge in [-0.25, -0.2) is 0 Å². The third kappa shape index (κ3) is 9.85. The quantitative estimate of drug-likeness (QED) is 0.0250. The van der Waals surface area contributed by atoms with Crippen molar-refractivity contribution in [2.24, 2.45) is 22.9 Å². The van der Waals surface area contributed by atoms with Crippen LogP contribution in [0.3, 0.4) is 0 Å². The molecule has 12 heteroatoms. The molecular weight excluding hydrogens is 883 g/mol. The normalized spacial score (nSPS) is 22.0. The van der Waals surface area contributed by atoms with Crippen LogP contribution in [0.25, 0.3) is 27.6 Å². The first-order chi connectivity index (χ1) is 34.2. The monoisotopic (exact) mass is 941 g/mol. The van der Waals surface area contributed by atoms with Crippen molar-refractivity contribution in [1.29, 1.82) is 0 Å². The minimum atomic E-state index is -1.50. The average Bonchev–Trinajstić information content (AvgIpc) is 3.38. The van der Waals surface area contributed by atoms with Gasteiger partial charge in [-0.3, -0.25) is 14.9 Å². The van der Waals surface area contributed by atoms with Crippen LogP contribution < -0.4 is 9.47 Å². The molecule has 6 aromatic carbocycles. The number of carbonyl (C=O) groups is 1. The van der Waals surface area contributed by atoms with Gasteiger partial charge in [0.2, 0.25) is 11.7 Å². The molecule has 1 aliphatic heterocycles. The molecule has 12 nitrogen and oxygen atoms in total. The summed E-state index contributed by atoms with van der Waals surface area (Å²) in [7, 11) is 1.53. The van der Waals surface area contributed by atoms with Gasteiger partial charge in [-0.1, -0.05) is 103 Å². The maximum Gasteiger partial charge on any atom is 0.269 e. The van der Waals surface area contributed by atoms with Crippen molar-refractivity contribution in [2.75, 3.05) is 26.9 Å². The highest BCUT2D eigenvalue weighted by Gasteiger charge is 2.65. The Bertz CT molecular complexity index is 2940. The molecule has 0 aromatic heterocycles. The van der Waals surface area contributed by atoms with Crippen LogP contribution in [0.2, 0.25) is 0 Å². The lowest BCUT2D eigenvalue weighted by Crippen LogP contribution is -2.70. The van der Waals surface area contributed by atoms with E-state index in [-0.39, 0.29) is 62.1 Å². The number of hydrogen-bond donors (Lipinski definition) is 2. The van der Waals surface area contributed by atoms with Gasteiger partial charge < -0.3 is 34.2 Å². The molecule has 2 aliphatic carbocycles. The summed E-state index contributed by atoms with van der Waals surface area (Å²) < 4.78 is 21.4. The lowest BCUT2D eigenvalue weighted by Gasteiger charge is -2.60. The molecule has 6 atom stereocenters. The van der Waals surface area contributed by atoms with E-state index in [1.54, 1.807) is 24.3 Å². The molecule has 0 radical (unpaired) electrons. The summed E-state index contributed by atoms with van der Waals surface area (Å²) in [6, 6.07) is 39.6. The second kappa shape index (κ2) is 21.7. The molecule has 6 aromatic rings. The Balaban J connectivity index is 1.24. The number of nitro groups is 1. The van der Waals surface area contributed by atoms with E-state index in [2.05, 4.69) is 55.1 Å². The number of ether oxygens (including phenoxy) is 3. The van der Waals surface area contributed by atoms with E-state index in [1.807, 2.05) is 65.6 Å². The van der Waals surface area contributed by atoms with Crippen LogP contribution in [0.5, 0.6) is 17.2 Å². The highest BCUT2D eigenvalue weighted by Crippen LogP contribution is 2.62. The fourth-order valence-corrected chi connectivity index (χ4v) is 11.1. The van der Waals surface area contributed by atoms with Gasteiger partial charge in [0.15, 0.2) is 0 Å². The maximum atomic E-state index is 15.4. The van der Waals surface area contributed by atoms with Crippen molar-refractivity contribution >= 4 is 44.9 Å². The standard InChI is InChI=1S/C58H59N3O9/c1-3-33-68-58-54(60(38-44-18-12-17-41-14-6-7-19-48(41)44)55(64)30-23-39-21-25-45(26-22-39)61(65)66)37-52(59-67-2)50-35-43(16-8-10-31-62)49(20-9-11-32-63)56(57(50)58)51-36-47(28-29-53(51)70-58)69-46-27-24-40-13-4-5-15-42(40)34-46/h3-7,12-15,17-19,21-30,34-36,43,49,54,56-57,62-63H,1,8-11,16,20,31-33,37-38H2,2H3. The molecule has 0 bridgehead atoms. The first kappa shape index (κ1) is 47.9. The topological polar surface area (TPSA) is 153 Å². The van der Waals surface area contributed by atoms with Crippen molar-refractivity contribution in [3.63, 3.8) is 0 Å². The molecule has 1 fully saturated rings. The molecule has 0 saturated heterocycles. The second-order valence-electron chi connectivity index (χ2n) is 18.4. The molecule has 0 spiro atoms. The van der Waals surface area contributed by atoms with Crippen LogP contribution in [-0.4, -0.2) is 70.4 Å². The summed E-state index contributed by atoms with van der Waals surface area (Å²) in [6.07, 6.45) is 11.9. The first-order valence-corrected chi connectivity index (χ1v) is 24.2. The Hall–Kier alpha value is -7.12. The number of nitrogens with zero attached hydrogens (tertiary/aromatic N) is 3. The molecule has 70 heavy (non-hydrogen) atoms. The number of allylic oxidation sites excluding steroid dienone is 1. The third-order valence-corrected chi connectivity index (χ3v) is 14.2. The van der Waals surface area contributed by atoms with Crippen molar-refractivity contribution < 1.29 is 39.0 Å². The van der Waals surface area contributed by atoms with Crippen LogP contribution in [0.4, 0.5) is 5.69 Å². The lowest BCUT2D eigenvalue weighted by molar-refractivity contribution is -0.384. The molecule has 3 aliphatic rings. The minimum Gasteiger partial charge on any atom is -0.459 e. The van der Waals surface area contributed by atoms with Gasteiger partial charge in [-0.05, 0) is 124 Å². The molecule has 6 unspecified atom stereocenters. The smallest absolute Gasteiger partial charge is 0.269 e. The molecule has 9 rings (SSSR count). The van der Waals surface area contributed by atoms with Crippen LogP contribution in [-0.2, 0) is 20.9 Å². The van der Waals surface area contributed by atoms with Crippen molar-refractivity contribution in [3.05, 3.63) is 185 Å².